The molecule has 172 valence electrons. The van der Waals surface area contributed by atoms with Crippen molar-refractivity contribution in [2.75, 3.05) is 11.9 Å². The van der Waals surface area contributed by atoms with E-state index in [1.54, 1.807) is 0 Å². The largest absolute Gasteiger partial charge is 0.354 e. The SMILES string of the molecule is CN1C=C(c2ccc3ccccc3n2)C(c2c(-c3ccccc3)[nH]c3ccccc23)c2ccccc21. The summed E-state index contributed by atoms with van der Waals surface area (Å²) in [6.45, 7) is 0. The summed E-state index contributed by atoms with van der Waals surface area (Å²) < 4.78 is 0. The van der Waals surface area contributed by atoms with Crippen LogP contribution in [0, 0.1) is 0 Å². The van der Waals surface area contributed by atoms with E-state index in [1.807, 2.05) is 0 Å². The van der Waals surface area contributed by atoms with Crippen LogP contribution in [-0.2, 0) is 0 Å². The van der Waals surface area contributed by atoms with Gasteiger partial charge in [0, 0.05) is 46.7 Å². The summed E-state index contributed by atoms with van der Waals surface area (Å²) in [5.41, 5.74) is 10.5. The van der Waals surface area contributed by atoms with Crippen LogP contribution in [0.25, 0.3) is 38.6 Å². The van der Waals surface area contributed by atoms with Gasteiger partial charge in [-0.1, -0.05) is 91.0 Å². The van der Waals surface area contributed by atoms with Crippen molar-refractivity contribution in [2.45, 2.75) is 5.92 Å². The normalized spacial score (nSPS) is 15.2. The van der Waals surface area contributed by atoms with Gasteiger partial charge in [0.1, 0.15) is 0 Å². The second-order valence-electron chi connectivity index (χ2n) is 9.40. The zero-order valence-electron chi connectivity index (χ0n) is 20.0. The summed E-state index contributed by atoms with van der Waals surface area (Å²) in [7, 11) is 2.13. The van der Waals surface area contributed by atoms with Gasteiger partial charge in [-0.15, -0.1) is 0 Å². The second kappa shape index (κ2) is 8.24. The van der Waals surface area contributed by atoms with Gasteiger partial charge in [0.05, 0.1) is 16.9 Å². The molecule has 6 aromatic rings. The van der Waals surface area contributed by atoms with Crippen molar-refractivity contribution in [1.82, 2.24) is 9.97 Å². The van der Waals surface area contributed by atoms with Crippen LogP contribution in [0.15, 0.2) is 121 Å². The molecule has 0 fully saturated rings. The van der Waals surface area contributed by atoms with E-state index in [0.717, 1.165) is 27.8 Å². The van der Waals surface area contributed by atoms with Gasteiger partial charge < -0.3 is 9.88 Å². The smallest absolute Gasteiger partial charge is 0.0709 e. The van der Waals surface area contributed by atoms with Crippen molar-refractivity contribution in [3.8, 4) is 11.3 Å². The molecule has 0 bridgehead atoms. The van der Waals surface area contributed by atoms with Crippen LogP contribution in [0.3, 0.4) is 0 Å². The number of allylic oxidation sites excluding steroid dienone is 1. The Morgan fingerprint density at radius 1 is 0.722 bits per heavy atom. The number of anilines is 1. The lowest BCUT2D eigenvalue weighted by atomic mass is 9.78. The average molecular weight is 464 g/mol. The first kappa shape index (κ1) is 20.7. The zero-order chi connectivity index (χ0) is 24.1. The molecule has 1 aliphatic heterocycles. The Labute approximate surface area is 210 Å². The minimum atomic E-state index is 0.0254. The predicted octanol–water partition coefficient (Wildman–Crippen LogP) is 8.01. The van der Waals surface area contributed by atoms with Crippen LogP contribution in [0.5, 0.6) is 0 Å². The third-order valence-electron chi connectivity index (χ3n) is 7.26. The van der Waals surface area contributed by atoms with E-state index in [0.29, 0.717) is 0 Å². The molecule has 0 radical (unpaired) electrons. The predicted molar refractivity (Wildman–Crippen MR) is 150 cm³/mol. The summed E-state index contributed by atoms with van der Waals surface area (Å²) in [5.74, 6) is 0.0254. The lowest BCUT2D eigenvalue weighted by Crippen LogP contribution is -2.21. The van der Waals surface area contributed by atoms with E-state index < -0.39 is 0 Å². The van der Waals surface area contributed by atoms with Crippen molar-refractivity contribution in [1.29, 1.82) is 0 Å². The van der Waals surface area contributed by atoms with Crippen LogP contribution < -0.4 is 4.90 Å². The van der Waals surface area contributed by atoms with Gasteiger partial charge in [-0.3, -0.25) is 0 Å². The summed E-state index contributed by atoms with van der Waals surface area (Å²) in [5, 5.41) is 2.40. The molecule has 0 spiro atoms. The number of H-pyrrole nitrogens is 1. The maximum Gasteiger partial charge on any atom is 0.0709 e. The molecule has 4 aromatic carbocycles. The van der Waals surface area contributed by atoms with Gasteiger partial charge in [-0.25, -0.2) is 4.98 Å². The number of nitrogens with zero attached hydrogens (tertiary/aromatic N) is 2. The fourth-order valence-corrected chi connectivity index (χ4v) is 5.62. The van der Waals surface area contributed by atoms with Gasteiger partial charge in [0.15, 0.2) is 0 Å². The molecule has 3 nitrogen and oxygen atoms in total. The molecule has 3 heterocycles. The first-order chi connectivity index (χ1) is 17.8. The first-order valence-corrected chi connectivity index (χ1v) is 12.3. The topological polar surface area (TPSA) is 31.9 Å². The highest BCUT2D eigenvalue weighted by molar-refractivity contribution is 5.97. The standard InChI is InChI=1S/C33H25N3/c1-36-21-26(29-20-19-22-11-5-8-16-27(22)34-29)31(25-15-7-10-18-30(25)36)32-24-14-6-9-17-28(24)35-33(32)23-12-3-2-4-13-23/h2-21,31,35H,1H3. The minimum absolute atomic E-state index is 0.0254. The molecular weight excluding hydrogens is 438 g/mol. The highest BCUT2D eigenvalue weighted by Gasteiger charge is 2.33. The Hall–Kier alpha value is -4.63. The maximum absolute atomic E-state index is 5.14. The van der Waals surface area contributed by atoms with E-state index in [-0.39, 0.29) is 5.92 Å². The summed E-state index contributed by atoms with van der Waals surface area (Å²) >= 11 is 0. The maximum atomic E-state index is 5.14. The quantitative estimate of drug-likeness (QED) is 0.288. The molecule has 1 N–H and O–H groups in total. The molecule has 36 heavy (non-hydrogen) atoms. The molecule has 1 aliphatic rings. The highest BCUT2D eigenvalue weighted by Crippen LogP contribution is 2.50. The third kappa shape index (κ3) is 3.24. The van der Waals surface area contributed by atoms with Gasteiger partial charge in [0.25, 0.3) is 0 Å². The minimum Gasteiger partial charge on any atom is -0.354 e. The van der Waals surface area contributed by atoms with Gasteiger partial charge in [0.2, 0.25) is 0 Å². The number of fused-ring (bicyclic) bond motifs is 3. The molecule has 0 aliphatic carbocycles. The lowest BCUT2D eigenvalue weighted by molar-refractivity contribution is 0.985. The summed E-state index contributed by atoms with van der Waals surface area (Å²) in [6, 6.07) is 40.7. The van der Waals surface area contributed by atoms with Crippen LogP contribution in [-0.4, -0.2) is 17.0 Å². The fourth-order valence-electron chi connectivity index (χ4n) is 5.62. The van der Waals surface area contributed by atoms with Crippen LogP contribution in [0.1, 0.15) is 22.7 Å². The highest BCUT2D eigenvalue weighted by atomic mass is 15.1. The number of hydrogen-bond acceptors (Lipinski definition) is 2. The number of nitrogens with one attached hydrogen (secondary N) is 1. The fraction of sp³-hybridized carbons (Fsp3) is 0.0606. The number of benzene rings is 4. The Bertz CT molecular complexity index is 1760. The Morgan fingerprint density at radius 2 is 1.47 bits per heavy atom. The van der Waals surface area contributed by atoms with Crippen molar-refractivity contribution < 1.29 is 0 Å². The van der Waals surface area contributed by atoms with Crippen molar-refractivity contribution in [3.05, 3.63) is 138 Å². The number of pyridine rings is 1. The number of hydrogen-bond donors (Lipinski definition) is 1. The van der Waals surface area contributed by atoms with Crippen molar-refractivity contribution in [3.63, 3.8) is 0 Å². The van der Waals surface area contributed by atoms with E-state index in [9.17, 15) is 0 Å². The van der Waals surface area contributed by atoms with Gasteiger partial charge >= 0.3 is 0 Å². The van der Waals surface area contributed by atoms with Crippen molar-refractivity contribution in [2.24, 2.45) is 0 Å². The van der Waals surface area contributed by atoms with Crippen LogP contribution in [0.4, 0.5) is 5.69 Å². The number of para-hydroxylation sites is 3. The number of rotatable bonds is 3. The molecule has 0 saturated heterocycles. The Balaban J connectivity index is 1.54. The molecule has 2 aromatic heterocycles. The number of aromatic amines is 1. The monoisotopic (exact) mass is 463 g/mol. The van der Waals surface area contributed by atoms with Crippen molar-refractivity contribution >= 4 is 33.1 Å². The molecule has 1 unspecified atom stereocenters. The summed E-state index contributed by atoms with van der Waals surface area (Å²) in [4.78, 5) is 11.1. The molecule has 1 atom stereocenters. The molecule has 0 amide bonds. The first-order valence-electron chi connectivity index (χ1n) is 12.3. The van der Waals surface area contributed by atoms with Crippen LogP contribution >= 0.6 is 0 Å². The van der Waals surface area contributed by atoms with Gasteiger partial charge in [-0.2, -0.15) is 0 Å². The summed E-state index contributed by atoms with van der Waals surface area (Å²) in [6.07, 6.45) is 2.26. The average Bonchev–Trinajstić information content (AvgIpc) is 3.32. The molecular formula is C33H25N3. The lowest BCUT2D eigenvalue weighted by Gasteiger charge is -2.33. The third-order valence-corrected chi connectivity index (χ3v) is 7.26. The molecule has 0 saturated carbocycles. The van der Waals surface area contributed by atoms with E-state index in [2.05, 4.69) is 138 Å². The molecule has 7 rings (SSSR count). The Kier molecular flexibility index (Phi) is 4.74. The second-order valence-corrected chi connectivity index (χ2v) is 9.40. The van der Waals surface area contributed by atoms with E-state index >= 15 is 0 Å². The van der Waals surface area contributed by atoms with Crippen LogP contribution in [0.2, 0.25) is 0 Å². The number of aromatic nitrogens is 2. The Morgan fingerprint density at radius 3 is 2.39 bits per heavy atom. The van der Waals surface area contributed by atoms with E-state index in [4.69, 9.17) is 4.98 Å². The zero-order valence-corrected chi connectivity index (χ0v) is 20.0. The molecule has 3 heteroatoms. The van der Waals surface area contributed by atoms with E-state index in [1.165, 1.54) is 33.3 Å². The van der Waals surface area contributed by atoms with Gasteiger partial charge in [-0.05, 0) is 41.0 Å².